The Bertz CT molecular complexity index is 1170. The van der Waals surface area contributed by atoms with Crippen molar-refractivity contribution < 1.29 is 22.8 Å². The lowest BCUT2D eigenvalue weighted by molar-refractivity contribution is -0.120. The highest BCUT2D eigenvalue weighted by molar-refractivity contribution is 6.43. The van der Waals surface area contributed by atoms with Gasteiger partial charge in [-0.3, -0.25) is 14.8 Å². The molecule has 0 bridgehead atoms. The summed E-state index contributed by atoms with van der Waals surface area (Å²) in [6.07, 6.45) is 8.09. The summed E-state index contributed by atoms with van der Waals surface area (Å²) in [5.41, 5.74) is 10.6. The van der Waals surface area contributed by atoms with Gasteiger partial charge < -0.3 is 21.6 Å². The topological polar surface area (TPSA) is 136 Å². The number of hydrogen-bond donors (Lipinski definition) is 3. The van der Waals surface area contributed by atoms with Crippen LogP contribution in [0.2, 0.25) is 0 Å². The molecule has 11 heteroatoms. The van der Waals surface area contributed by atoms with Crippen molar-refractivity contribution in [3.05, 3.63) is 54.4 Å². The Morgan fingerprint density at radius 3 is 2.29 bits per heavy atom. The molecule has 1 amide bonds. The molecule has 204 valence electrons. The van der Waals surface area contributed by atoms with E-state index in [2.05, 4.69) is 20.3 Å². The molecule has 8 nitrogen and oxygen atoms in total. The Balaban J connectivity index is 0.000000215. The number of aromatic nitrogens is 2. The lowest BCUT2D eigenvalue weighted by Crippen LogP contribution is -2.45. The Hall–Kier alpha value is -3.76. The number of hydrogen-bond acceptors (Lipinski definition) is 7. The van der Waals surface area contributed by atoms with E-state index in [0.29, 0.717) is 17.8 Å². The summed E-state index contributed by atoms with van der Waals surface area (Å²) < 4.78 is 39.0. The number of nitrogens with one attached hydrogen (secondary N) is 1. The number of carbonyl (C=O) groups is 2. The maximum atomic E-state index is 13.5. The lowest BCUT2D eigenvalue weighted by atomic mass is 9.90. The lowest BCUT2D eigenvalue weighted by Gasteiger charge is -2.23. The fourth-order valence-corrected chi connectivity index (χ4v) is 4.40. The van der Waals surface area contributed by atoms with Crippen LogP contribution in [0.15, 0.2) is 47.9 Å². The number of halogens is 3. The zero-order chi connectivity index (χ0) is 27.8. The van der Waals surface area contributed by atoms with Gasteiger partial charge in [-0.1, -0.05) is 0 Å². The molecule has 1 atom stereocenters. The molecule has 5 N–H and O–H groups in total. The first-order chi connectivity index (χ1) is 18.2. The summed E-state index contributed by atoms with van der Waals surface area (Å²) >= 11 is 0. The van der Waals surface area contributed by atoms with Crippen molar-refractivity contribution in [3.63, 3.8) is 0 Å². The molecule has 2 heterocycles. The van der Waals surface area contributed by atoms with Crippen LogP contribution in [0.1, 0.15) is 51.5 Å². The minimum absolute atomic E-state index is 0.000655. The number of anilines is 1. The SMILES string of the molecule is CC(C)N=C(/C=C\N)C(=O)N[C@H](C=O)C(C1CC1)C1CC1.Nc1ccc(-c2cnccc2C(F)F)c(F)n1. The van der Waals surface area contributed by atoms with E-state index in [1.807, 2.05) is 13.8 Å². The molecule has 2 aromatic heterocycles. The van der Waals surface area contributed by atoms with E-state index in [1.54, 1.807) is 0 Å². The third-order valence-electron chi connectivity index (χ3n) is 6.33. The molecule has 0 aliphatic heterocycles. The molecule has 2 aliphatic carbocycles. The van der Waals surface area contributed by atoms with Gasteiger partial charge >= 0.3 is 0 Å². The van der Waals surface area contributed by atoms with E-state index in [4.69, 9.17) is 11.5 Å². The number of carbonyl (C=O) groups excluding carboxylic acids is 2. The minimum Gasteiger partial charge on any atom is -0.405 e. The average molecular weight is 531 g/mol. The highest BCUT2D eigenvalue weighted by Gasteiger charge is 2.46. The number of nitrogens with two attached hydrogens (primary N) is 2. The summed E-state index contributed by atoms with van der Waals surface area (Å²) in [5, 5.41) is 2.86. The largest absolute Gasteiger partial charge is 0.405 e. The number of aldehydes is 1. The first-order valence-corrected chi connectivity index (χ1v) is 12.5. The number of nitrogen functional groups attached to an aromatic ring is 1. The van der Waals surface area contributed by atoms with Crippen LogP contribution in [0.3, 0.4) is 0 Å². The molecule has 0 spiro atoms. The molecule has 2 fully saturated rings. The third kappa shape index (κ3) is 7.87. The second kappa shape index (κ2) is 13.2. The van der Waals surface area contributed by atoms with Gasteiger partial charge in [-0.15, -0.1) is 0 Å². The van der Waals surface area contributed by atoms with E-state index >= 15 is 0 Å². The normalized spacial score (nSPS) is 16.5. The summed E-state index contributed by atoms with van der Waals surface area (Å²) in [7, 11) is 0. The summed E-state index contributed by atoms with van der Waals surface area (Å²) in [6.45, 7) is 3.79. The molecule has 0 saturated heterocycles. The van der Waals surface area contributed by atoms with Gasteiger partial charge in [0, 0.05) is 35.1 Å². The van der Waals surface area contributed by atoms with Crippen LogP contribution in [0.4, 0.5) is 19.0 Å². The Kier molecular flexibility index (Phi) is 9.98. The van der Waals surface area contributed by atoms with Crippen LogP contribution in [-0.2, 0) is 9.59 Å². The smallest absolute Gasteiger partial charge is 0.270 e. The van der Waals surface area contributed by atoms with Gasteiger partial charge in [0.2, 0.25) is 5.95 Å². The van der Waals surface area contributed by atoms with E-state index in [-0.39, 0.29) is 40.2 Å². The molecule has 0 radical (unpaired) electrons. The quantitative estimate of drug-likeness (QED) is 0.239. The monoisotopic (exact) mass is 530 g/mol. The van der Waals surface area contributed by atoms with E-state index in [0.717, 1.165) is 12.4 Å². The van der Waals surface area contributed by atoms with Crippen LogP contribution in [0.25, 0.3) is 11.1 Å². The second-order valence-corrected chi connectivity index (χ2v) is 9.69. The van der Waals surface area contributed by atoms with Gasteiger partial charge in [-0.25, -0.2) is 13.8 Å². The summed E-state index contributed by atoms with van der Waals surface area (Å²) in [5.74, 6) is 0.295. The van der Waals surface area contributed by atoms with Crippen LogP contribution in [0, 0.1) is 23.7 Å². The zero-order valence-electron chi connectivity index (χ0n) is 21.4. The van der Waals surface area contributed by atoms with Gasteiger partial charge in [0.25, 0.3) is 12.3 Å². The fraction of sp³-hybridized carbons (Fsp3) is 0.444. The van der Waals surface area contributed by atoms with E-state index < -0.39 is 18.4 Å². The average Bonchev–Trinajstić information content (AvgIpc) is 3.79. The molecule has 2 aliphatic rings. The Morgan fingerprint density at radius 2 is 1.79 bits per heavy atom. The van der Waals surface area contributed by atoms with Crippen LogP contribution < -0.4 is 16.8 Å². The summed E-state index contributed by atoms with van der Waals surface area (Å²) in [4.78, 5) is 35.1. The van der Waals surface area contributed by atoms with Gasteiger partial charge in [0.15, 0.2) is 0 Å². The van der Waals surface area contributed by atoms with Gasteiger partial charge in [-0.2, -0.15) is 4.39 Å². The molecule has 38 heavy (non-hydrogen) atoms. The third-order valence-corrected chi connectivity index (χ3v) is 6.33. The maximum Gasteiger partial charge on any atom is 0.270 e. The minimum atomic E-state index is -2.70. The van der Waals surface area contributed by atoms with Crippen molar-refractivity contribution in [2.24, 2.45) is 28.5 Å². The maximum absolute atomic E-state index is 13.5. The standard InChI is InChI=1S/C16H25N3O2.C11H8F3N3/c1-10(2)18-13(7-8-17)16(21)19-14(9-20)15(11-3-4-11)12-5-6-12;12-10(13)6-3-4-16-5-8(6)7-1-2-9(15)17-11(7)14/h7-12,14-15H,3-6,17H2,1-2H3,(H,19,21);1-5,10H,(H2,15,17)/b8-7-,18-13?;/t14-;/m1./s1. The predicted molar refractivity (Wildman–Crippen MR) is 140 cm³/mol. The van der Waals surface area contributed by atoms with Crippen molar-refractivity contribution in [2.75, 3.05) is 5.73 Å². The molecular formula is C27H33F3N6O2. The van der Waals surface area contributed by atoms with Gasteiger partial charge in [-0.05, 0) is 87.8 Å². The first kappa shape index (κ1) is 28.8. The predicted octanol–water partition coefficient (Wildman–Crippen LogP) is 4.23. The molecule has 2 saturated carbocycles. The highest BCUT2D eigenvalue weighted by atomic mass is 19.3. The molecule has 0 unspecified atom stereocenters. The molecule has 4 rings (SSSR count). The van der Waals surface area contributed by atoms with Crippen molar-refractivity contribution >= 4 is 23.7 Å². The zero-order valence-corrected chi connectivity index (χ0v) is 21.4. The number of aliphatic imine (C=N–C) groups is 1. The number of amides is 1. The van der Waals surface area contributed by atoms with Crippen molar-refractivity contribution in [1.82, 2.24) is 15.3 Å². The van der Waals surface area contributed by atoms with Crippen LogP contribution >= 0.6 is 0 Å². The number of pyridine rings is 2. The van der Waals surface area contributed by atoms with Crippen LogP contribution in [-0.4, -0.2) is 40.0 Å². The molecule has 0 aromatic carbocycles. The van der Waals surface area contributed by atoms with E-state index in [9.17, 15) is 22.8 Å². The first-order valence-electron chi connectivity index (χ1n) is 12.5. The Labute approximate surface area is 219 Å². The van der Waals surface area contributed by atoms with Gasteiger partial charge in [0.05, 0.1) is 6.04 Å². The second-order valence-electron chi connectivity index (χ2n) is 9.69. The van der Waals surface area contributed by atoms with E-state index in [1.165, 1.54) is 62.5 Å². The van der Waals surface area contributed by atoms with Crippen molar-refractivity contribution in [2.45, 2.75) is 58.0 Å². The van der Waals surface area contributed by atoms with Crippen LogP contribution in [0.5, 0.6) is 0 Å². The number of nitrogens with zero attached hydrogens (tertiary/aromatic N) is 3. The molecular weight excluding hydrogens is 497 g/mol. The fourth-order valence-electron chi connectivity index (χ4n) is 4.40. The number of alkyl halides is 2. The summed E-state index contributed by atoms with van der Waals surface area (Å²) in [6, 6.07) is 3.40. The molecule has 2 aromatic rings. The number of rotatable bonds is 10. The van der Waals surface area contributed by atoms with Crippen molar-refractivity contribution in [1.29, 1.82) is 0 Å². The van der Waals surface area contributed by atoms with Crippen molar-refractivity contribution in [3.8, 4) is 11.1 Å². The Morgan fingerprint density at radius 1 is 1.13 bits per heavy atom. The highest BCUT2D eigenvalue weighted by Crippen LogP contribution is 2.50. The van der Waals surface area contributed by atoms with Gasteiger partial charge in [0.1, 0.15) is 17.8 Å².